The zero-order valence-corrected chi connectivity index (χ0v) is 17.1. The summed E-state index contributed by atoms with van der Waals surface area (Å²) in [6.45, 7) is 0. The second-order valence-electron chi connectivity index (χ2n) is 7.34. The van der Waals surface area contributed by atoms with E-state index in [0.29, 0.717) is 16.9 Å². The molecule has 0 spiro atoms. The molecule has 4 aromatic rings. The Kier molecular flexibility index (Phi) is 4.52. The van der Waals surface area contributed by atoms with Crippen LogP contribution >= 0.6 is 0 Å². The number of rotatable bonds is 3. The molecular formula is C25H18FNO3S. The first-order chi connectivity index (χ1) is 15.0. The van der Waals surface area contributed by atoms with Crippen molar-refractivity contribution in [2.24, 2.45) is 5.73 Å². The third kappa shape index (κ3) is 3.16. The average molecular weight is 431 g/mol. The van der Waals surface area contributed by atoms with Crippen LogP contribution in [0.5, 0.6) is 5.75 Å². The van der Waals surface area contributed by atoms with Crippen LogP contribution in [0, 0.1) is 5.82 Å². The smallest absolute Gasteiger partial charge is 0.208 e. The van der Waals surface area contributed by atoms with Crippen LogP contribution in [0.4, 0.5) is 4.39 Å². The van der Waals surface area contributed by atoms with Crippen LogP contribution < -0.4 is 10.5 Å². The maximum atomic E-state index is 13.7. The highest BCUT2D eigenvalue weighted by Gasteiger charge is 2.39. The summed E-state index contributed by atoms with van der Waals surface area (Å²) in [7, 11) is -3.98. The van der Waals surface area contributed by atoms with Crippen molar-refractivity contribution in [1.82, 2.24) is 0 Å². The minimum atomic E-state index is -3.98. The second kappa shape index (κ2) is 7.25. The topological polar surface area (TPSA) is 69.4 Å². The number of halogens is 1. The minimum Gasteiger partial charge on any atom is -0.440 e. The molecular weight excluding hydrogens is 413 g/mol. The molecule has 0 amide bonds. The highest BCUT2D eigenvalue weighted by atomic mass is 32.2. The number of hydrogen-bond acceptors (Lipinski definition) is 4. The van der Waals surface area contributed by atoms with E-state index in [0.717, 1.165) is 10.8 Å². The normalized spacial score (nSPS) is 16.1. The van der Waals surface area contributed by atoms with Crippen molar-refractivity contribution in [3.8, 4) is 5.75 Å². The number of benzene rings is 4. The fourth-order valence-electron chi connectivity index (χ4n) is 4.05. The van der Waals surface area contributed by atoms with Gasteiger partial charge in [0.15, 0.2) is 0 Å². The number of fused-ring (bicyclic) bond motifs is 3. The fraction of sp³-hybridized carbons (Fsp3) is 0.0400. The van der Waals surface area contributed by atoms with Crippen LogP contribution in [0.25, 0.3) is 10.8 Å². The zero-order chi connectivity index (χ0) is 21.6. The summed E-state index contributed by atoms with van der Waals surface area (Å²) in [5.41, 5.74) is 7.54. The molecule has 6 heteroatoms. The monoisotopic (exact) mass is 431 g/mol. The van der Waals surface area contributed by atoms with E-state index in [-0.39, 0.29) is 15.7 Å². The molecule has 0 bridgehead atoms. The van der Waals surface area contributed by atoms with E-state index in [9.17, 15) is 12.8 Å². The second-order valence-corrected chi connectivity index (χ2v) is 9.25. The van der Waals surface area contributed by atoms with Gasteiger partial charge in [-0.15, -0.1) is 0 Å². The Hall–Kier alpha value is -3.64. The van der Waals surface area contributed by atoms with Gasteiger partial charge in [0.05, 0.1) is 10.8 Å². The number of nitrogens with two attached hydrogens (primary N) is 1. The summed E-state index contributed by atoms with van der Waals surface area (Å²) in [6, 6.07) is 25.3. The van der Waals surface area contributed by atoms with Gasteiger partial charge in [-0.1, -0.05) is 66.7 Å². The van der Waals surface area contributed by atoms with Crippen LogP contribution in [-0.4, -0.2) is 8.42 Å². The van der Waals surface area contributed by atoms with E-state index < -0.39 is 21.6 Å². The van der Waals surface area contributed by atoms with Crippen molar-refractivity contribution in [3.05, 3.63) is 119 Å². The van der Waals surface area contributed by atoms with Gasteiger partial charge in [0, 0.05) is 10.9 Å². The summed E-state index contributed by atoms with van der Waals surface area (Å²) in [5.74, 6) is -0.808. The van der Waals surface area contributed by atoms with Gasteiger partial charge in [-0.3, -0.25) is 0 Å². The van der Waals surface area contributed by atoms with Crippen LogP contribution in [-0.2, 0) is 9.84 Å². The third-order valence-corrected chi connectivity index (χ3v) is 7.39. The van der Waals surface area contributed by atoms with Crippen molar-refractivity contribution in [1.29, 1.82) is 0 Å². The Morgan fingerprint density at radius 2 is 1.48 bits per heavy atom. The Morgan fingerprint density at radius 3 is 2.23 bits per heavy atom. The maximum Gasteiger partial charge on any atom is 0.208 e. The third-order valence-electron chi connectivity index (χ3n) is 5.48. The lowest BCUT2D eigenvalue weighted by atomic mass is 9.87. The molecule has 1 atom stereocenters. The molecule has 1 aliphatic rings. The molecule has 0 aliphatic carbocycles. The predicted molar refractivity (Wildman–Crippen MR) is 118 cm³/mol. The SMILES string of the molecule is NC1=C(S(=O)(=O)c2ccccc2)C(c2ccc(F)cc2)c2ccc3ccccc3c2O1. The lowest BCUT2D eigenvalue weighted by Gasteiger charge is -2.30. The van der Waals surface area contributed by atoms with E-state index in [1.807, 2.05) is 36.4 Å². The first kappa shape index (κ1) is 19.3. The van der Waals surface area contributed by atoms with E-state index >= 15 is 0 Å². The molecule has 0 saturated heterocycles. The van der Waals surface area contributed by atoms with Gasteiger partial charge in [-0.2, -0.15) is 0 Å². The lowest BCUT2D eigenvalue weighted by Crippen LogP contribution is -2.26. The molecule has 4 nitrogen and oxygen atoms in total. The molecule has 1 unspecified atom stereocenters. The van der Waals surface area contributed by atoms with Crippen molar-refractivity contribution in [2.45, 2.75) is 10.8 Å². The maximum absolute atomic E-state index is 13.7. The van der Waals surface area contributed by atoms with Gasteiger partial charge in [-0.25, -0.2) is 12.8 Å². The molecule has 4 aromatic carbocycles. The van der Waals surface area contributed by atoms with Crippen LogP contribution in [0.1, 0.15) is 17.0 Å². The molecule has 0 radical (unpaired) electrons. The Labute approximate surface area is 179 Å². The van der Waals surface area contributed by atoms with E-state index in [2.05, 4.69) is 0 Å². The van der Waals surface area contributed by atoms with Crippen molar-refractivity contribution in [2.75, 3.05) is 0 Å². The van der Waals surface area contributed by atoms with Crippen molar-refractivity contribution < 1.29 is 17.5 Å². The quantitative estimate of drug-likeness (QED) is 0.490. The van der Waals surface area contributed by atoms with E-state index in [1.165, 1.54) is 24.3 Å². The molecule has 1 heterocycles. The Bertz CT molecular complexity index is 1430. The number of hydrogen-bond donors (Lipinski definition) is 1. The van der Waals surface area contributed by atoms with Gasteiger partial charge < -0.3 is 10.5 Å². The van der Waals surface area contributed by atoms with E-state index in [1.54, 1.807) is 30.3 Å². The van der Waals surface area contributed by atoms with Gasteiger partial charge in [0.25, 0.3) is 0 Å². The summed E-state index contributed by atoms with van der Waals surface area (Å²) in [6.07, 6.45) is 0. The first-order valence-corrected chi connectivity index (χ1v) is 11.2. The fourth-order valence-corrected chi connectivity index (χ4v) is 5.69. The molecule has 1 aliphatic heterocycles. The lowest BCUT2D eigenvalue weighted by molar-refractivity contribution is 0.399. The molecule has 154 valence electrons. The summed E-state index contributed by atoms with van der Waals surface area (Å²) in [5, 5.41) is 1.77. The number of sulfone groups is 1. The minimum absolute atomic E-state index is 0.0481. The van der Waals surface area contributed by atoms with Gasteiger partial charge in [0.2, 0.25) is 15.7 Å². The van der Waals surface area contributed by atoms with Crippen molar-refractivity contribution in [3.63, 3.8) is 0 Å². The standard InChI is InChI=1S/C25H18FNO3S/c26-18-13-10-17(11-14-18)22-21-15-12-16-6-4-5-9-20(16)23(21)30-25(27)24(22)31(28,29)19-7-2-1-3-8-19/h1-15,22H,27H2. The average Bonchev–Trinajstić information content (AvgIpc) is 2.79. The van der Waals surface area contributed by atoms with Crippen LogP contribution in [0.3, 0.4) is 0 Å². The summed E-state index contributed by atoms with van der Waals surface area (Å²) >= 11 is 0. The molecule has 0 saturated carbocycles. The Balaban J connectivity index is 1.81. The van der Waals surface area contributed by atoms with Crippen LogP contribution in [0.2, 0.25) is 0 Å². The van der Waals surface area contributed by atoms with Crippen LogP contribution in [0.15, 0.2) is 107 Å². The highest BCUT2D eigenvalue weighted by molar-refractivity contribution is 7.95. The molecule has 31 heavy (non-hydrogen) atoms. The molecule has 0 aromatic heterocycles. The molecule has 2 N–H and O–H groups in total. The van der Waals surface area contributed by atoms with Gasteiger partial charge >= 0.3 is 0 Å². The molecule has 0 fully saturated rings. The van der Waals surface area contributed by atoms with Crippen molar-refractivity contribution >= 4 is 20.6 Å². The summed E-state index contributed by atoms with van der Waals surface area (Å²) < 4.78 is 46.9. The molecule has 5 rings (SSSR count). The predicted octanol–water partition coefficient (Wildman–Crippen LogP) is 5.10. The first-order valence-electron chi connectivity index (χ1n) is 9.71. The highest BCUT2D eigenvalue weighted by Crippen LogP contribution is 2.48. The number of ether oxygens (including phenoxy) is 1. The van der Waals surface area contributed by atoms with Gasteiger partial charge in [0.1, 0.15) is 16.5 Å². The van der Waals surface area contributed by atoms with Gasteiger partial charge in [-0.05, 0) is 35.2 Å². The van der Waals surface area contributed by atoms with E-state index in [4.69, 9.17) is 10.5 Å². The Morgan fingerprint density at radius 1 is 0.806 bits per heavy atom. The zero-order valence-electron chi connectivity index (χ0n) is 16.3. The summed E-state index contributed by atoms with van der Waals surface area (Å²) in [4.78, 5) is 0.0704. The number of allylic oxidation sites excluding steroid dienone is 1. The largest absolute Gasteiger partial charge is 0.440 e.